The molecule has 0 bridgehead atoms. The smallest absolute Gasteiger partial charge is 0.275 e. The number of halogens is 2. The first-order valence-corrected chi connectivity index (χ1v) is 8.73. The van der Waals surface area contributed by atoms with Gasteiger partial charge in [-0.3, -0.25) is 9.48 Å². The van der Waals surface area contributed by atoms with Gasteiger partial charge in [-0.05, 0) is 29.3 Å². The summed E-state index contributed by atoms with van der Waals surface area (Å²) in [7, 11) is 1.80. The fourth-order valence-electron chi connectivity index (χ4n) is 3.68. The van der Waals surface area contributed by atoms with E-state index in [0.717, 1.165) is 10.9 Å². The molecular weight excluding hydrogens is 364 g/mol. The van der Waals surface area contributed by atoms with Gasteiger partial charge >= 0.3 is 0 Å². The fourth-order valence-corrected chi connectivity index (χ4v) is 3.68. The van der Waals surface area contributed by atoms with Crippen LogP contribution in [0.5, 0.6) is 0 Å². The minimum Gasteiger partial charge on any atom is -0.346 e. The molecule has 0 radical (unpaired) electrons. The Kier molecular flexibility index (Phi) is 3.55. The minimum absolute atomic E-state index is 0.138. The zero-order chi connectivity index (χ0) is 19.4. The van der Waals surface area contributed by atoms with Gasteiger partial charge in [-0.25, -0.2) is 13.8 Å². The molecule has 1 N–H and O–H groups in total. The van der Waals surface area contributed by atoms with Crippen LogP contribution in [-0.4, -0.2) is 30.6 Å². The monoisotopic (exact) mass is 379 g/mol. The Morgan fingerprint density at radius 3 is 2.75 bits per heavy atom. The maximum atomic E-state index is 14.8. The molecular formula is C20H15F2N5O. The van der Waals surface area contributed by atoms with Gasteiger partial charge in [-0.2, -0.15) is 5.10 Å². The third-order valence-electron chi connectivity index (χ3n) is 5.02. The van der Waals surface area contributed by atoms with Crippen LogP contribution in [0.15, 0.2) is 42.9 Å². The lowest BCUT2D eigenvalue weighted by molar-refractivity contribution is 0.0758. The molecule has 3 heterocycles. The molecule has 28 heavy (non-hydrogen) atoms. The standard InChI is InChI=1S/C20H15F2N5O/c1-26-7-13-12(3-2-4-17(13)25-26)11-5-15(21)14(16(22)6-11)8-27-9-18-19(20(27)28)24-10-23-18/h2-7,10H,8-9H2,1H3,(H,23,24). The van der Waals surface area contributed by atoms with Crippen molar-refractivity contribution in [3.63, 3.8) is 0 Å². The summed E-state index contributed by atoms with van der Waals surface area (Å²) in [5.74, 6) is -1.71. The van der Waals surface area contributed by atoms with Crippen LogP contribution in [-0.2, 0) is 20.1 Å². The summed E-state index contributed by atoms with van der Waals surface area (Å²) in [6, 6.07) is 8.07. The van der Waals surface area contributed by atoms with Gasteiger partial charge in [0.1, 0.15) is 11.6 Å². The highest BCUT2D eigenvalue weighted by Crippen LogP contribution is 2.31. The summed E-state index contributed by atoms with van der Waals surface area (Å²) >= 11 is 0. The Balaban J connectivity index is 1.51. The molecule has 0 unspecified atom stereocenters. The van der Waals surface area contributed by atoms with Gasteiger partial charge in [0.05, 0.1) is 30.6 Å². The second-order valence-corrected chi connectivity index (χ2v) is 6.85. The molecule has 8 heteroatoms. The molecule has 1 aliphatic heterocycles. The van der Waals surface area contributed by atoms with Crippen LogP contribution in [0.1, 0.15) is 21.7 Å². The molecule has 4 aromatic rings. The molecule has 5 rings (SSSR count). The molecule has 1 amide bonds. The third-order valence-corrected chi connectivity index (χ3v) is 5.02. The van der Waals surface area contributed by atoms with Gasteiger partial charge in [0.2, 0.25) is 0 Å². The van der Waals surface area contributed by atoms with Crippen LogP contribution < -0.4 is 0 Å². The zero-order valence-electron chi connectivity index (χ0n) is 14.9. The van der Waals surface area contributed by atoms with Crippen molar-refractivity contribution in [2.24, 2.45) is 7.05 Å². The highest BCUT2D eigenvalue weighted by atomic mass is 19.1. The number of imidazole rings is 1. The maximum Gasteiger partial charge on any atom is 0.275 e. The second-order valence-electron chi connectivity index (χ2n) is 6.85. The normalized spacial score (nSPS) is 13.5. The van der Waals surface area contributed by atoms with Crippen molar-refractivity contribution in [1.82, 2.24) is 24.6 Å². The summed E-state index contributed by atoms with van der Waals surface area (Å²) in [6.45, 7) is 0.0991. The molecule has 0 saturated carbocycles. The third kappa shape index (κ3) is 2.49. The number of aromatic nitrogens is 4. The fraction of sp³-hybridized carbons (Fsp3) is 0.150. The molecule has 0 atom stereocenters. The van der Waals surface area contributed by atoms with Crippen LogP contribution in [0.25, 0.3) is 22.0 Å². The summed E-state index contributed by atoms with van der Waals surface area (Å²) in [5, 5.41) is 5.14. The number of benzene rings is 2. The average molecular weight is 379 g/mol. The number of rotatable bonds is 3. The number of carbonyl (C=O) groups excluding carboxylic acids is 1. The number of H-pyrrole nitrogens is 1. The minimum atomic E-state index is -0.688. The van der Waals surface area contributed by atoms with Gasteiger partial charge in [-0.15, -0.1) is 0 Å². The lowest BCUT2D eigenvalue weighted by atomic mass is 9.99. The van der Waals surface area contributed by atoms with E-state index in [9.17, 15) is 13.6 Å². The van der Waals surface area contributed by atoms with Crippen LogP contribution in [0.2, 0.25) is 0 Å². The molecule has 1 aliphatic rings. The van der Waals surface area contributed by atoms with E-state index in [0.29, 0.717) is 22.5 Å². The Morgan fingerprint density at radius 2 is 2.00 bits per heavy atom. The lowest BCUT2D eigenvalue weighted by Crippen LogP contribution is -2.25. The van der Waals surface area contributed by atoms with Gasteiger partial charge < -0.3 is 9.88 Å². The number of aromatic amines is 1. The number of nitrogens with zero attached hydrogens (tertiary/aromatic N) is 4. The Hall–Kier alpha value is -3.55. The van der Waals surface area contributed by atoms with Gasteiger partial charge in [0, 0.05) is 24.2 Å². The number of carbonyl (C=O) groups is 1. The molecule has 0 aliphatic carbocycles. The summed E-state index contributed by atoms with van der Waals surface area (Å²) in [5.41, 5.74) is 2.71. The first kappa shape index (κ1) is 16.6. The van der Waals surface area contributed by atoms with Crippen molar-refractivity contribution in [3.8, 4) is 11.1 Å². The van der Waals surface area contributed by atoms with E-state index in [4.69, 9.17) is 0 Å². The second kappa shape index (κ2) is 5.98. The van der Waals surface area contributed by atoms with Crippen molar-refractivity contribution in [1.29, 1.82) is 0 Å². The van der Waals surface area contributed by atoms with Crippen LogP contribution in [0.4, 0.5) is 8.78 Å². The molecule has 2 aromatic carbocycles. The molecule has 0 fully saturated rings. The number of amides is 1. The molecule has 6 nitrogen and oxygen atoms in total. The topological polar surface area (TPSA) is 66.8 Å². The average Bonchev–Trinajstić information content (AvgIpc) is 3.33. The van der Waals surface area contributed by atoms with Crippen LogP contribution in [0.3, 0.4) is 0 Å². The number of hydrogen-bond acceptors (Lipinski definition) is 3. The van der Waals surface area contributed by atoms with E-state index in [1.165, 1.54) is 23.4 Å². The molecule has 140 valence electrons. The van der Waals surface area contributed by atoms with E-state index in [-0.39, 0.29) is 24.6 Å². The summed E-state index contributed by atoms with van der Waals surface area (Å²) < 4.78 is 31.3. The number of aryl methyl sites for hydroxylation is 1. The van der Waals surface area contributed by atoms with Gasteiger partial charge in [0.25, 0.3) is 5.91 Å². The van der Waals surface area contributed by atoms with E-state index in [1.807, 2.05) is 12.3 Å². The molecule has 2 aromatic heterocycles. The number of hydrogen-bond donors (Lipinski definition) is 1. The zero-order valence-corrected chi connectivity index (χ0v) is 14.9. The van der Waals surface area contributed by atoms with Gasteiger partial charge in [0.15, 0.2) is 5.69 Å². The SMILES string of the molecule is Cn1cc2c(-c3cc(F)c(CN4Cc5[nH]cnc5C4=O)c(F)c3)cccc2n1. The first-order valence-electron chi connectivity index (χ1n) is 8.73. The Labute approximate surface area is 158 Å². The van der Waals surface area contributed by atoms with Crippen molar-refractivity contribution in [2.75, 3.05) is 0 Å². The Morgan fingerprint density at radius 1 is 1.21 bits per heavy atom. The maximum absolute atomic E-state index is 14.8. The molecule has 0 saturated heterocycles. The Bertz CT molecular complexity index is 1220. The van der Waals surface area contributed by atoms with E-state index >= 15 is 0 Å². The first-order chi connectivity index (χ1) is 13.5. The lowest BCUT2D eigenvalue weighted by Gasteiger charge is -2.17. The summed E-state index contributed by atoms with van der Waals surface area (Å²) in [6.07, 6.45) is 3.26. The number of nitrogens with one attached hydrogen (secondary N) is 1. The van der Waals surface area contributed by atoms with Crippen LogP contribution in [0, 0.1) is 11.6 Å². The largest absolute Gasteiger partial charge is 0.346 e. The van der Waals surface area contributed by atoms with Crippen molar-refractivity contribution >= 4 is 16.8 Å². The van der Waals surface area contributed by atoms with E-state index in [1.54, 1.807) is 23.9 Å². The predicted molar refractivity (Wildman–Crippen MR) is 98.2 cm³/mol. The highest BCUT2D eigenvalue weighted by Gasteiger charge is 2.31. The van der Waals surface area contributed by atoms with Crippen molar-refractivity contribution in [2.45, 2.75) is 13.1 Å². The van der Waals surface area contributed by atoms with Crippen molar-refractivity contribution in [3.05, 3.63) is 71.4 Å². The van der Waals surface area contributed by atoms with E-state index in [2.05, 4.69) is 15.1 Å². The summed E-state index contributed by atoms with van der Waals surface area (Å²) in [4.78, 5) is 20.5. The van der Waals surface area contributed by atoms with Crippen molar-refractivity contribution < 1.29 is 13.6 Å². The highest BCUT2D eigenvalue weighted by molar-refractivity contribution is 5.96. The van der Waals surface area contributed by atoms with E-state index < -0.39 is 11.6 Å². The quantitative estimate of drug-likeness (QED) is 0.593. The van der Waals surface area contributed by atoms with Gasteiger partial charge in [-0.1, -0.05) is 12.1 Å². The number of fused-ring (bicyclic) bond motifs is 2. The molecule has 0 spiro atoms. The van der Waals surface area contributed by atoms with Crippen LogP contribution >= 0.6 is 0 Å². The predicted octanol–water partition coefficient (Wildman–Crippen LogP) is 3.40.